The Labute approximate surface area is 125 Å². The molecule has 1 aromatic rings. The van der Waals surface area contributed by atoms with E-state index >= 15 is 0 Å². The fourth-order valence-corrected chi connectivity index (χ4v) is 3.59. The van der Waals surface area contributed by atoms with Crippen LogP contribution in [0.15, 0.2) is 11.2 Å². The third-order valence-corrected chi connectivity index (χ3v) is 4.64. The number of rotatable bonds is 7. The van der Waals surface area contributed by atoms with E-state index in [-0.39, 0.29) is 35.0 Å². The van der Waals surface area contributed by atoms with Gasteiger partial charge in [0.05, 0.1) is 11.2 Å². The lowest BCUT2D eigenvalue weighted by Gasteiger charge is -2.16. The van der Waals surface area contributed by atoms with Gasteiger partial charge in [0.1, 0.15) is 0 Å². The van der Waals surface area contributed by atoms with Gasteiger partial charge in [-0.3, -0.25) is 4.68 Å². The third-order valence-electron chi connectivity index (χ3n) is 2.61. The molecule has 0 saturated heterocycles. The second-order valence-electron chi connectivity index (χ2n) is 4.12. The molecule has 0 fully saturated rings. The van der Waals surface area contributed by atoms with Gasteiger partial charge in [-0.05, 0) is 6.42 Å². The van der Waals surface area contributed by atoms with Gasteiger partial charge in [0.15, 0.2) is 5.03 Å². The maximum atomic E-state index is 12.2. The summed E-state index contributed by atoms with van der Waals surface area (Å²) in [6.07, 6.45) is 3.93. The minimum Gasteiger partial charge on any atom is -0.329 e. The first-order valence-corrected chi connectivity index (χ1v) is 7.68. The van der Waals surface area contributed by atoms with Gasteiger partial charge in [0.25, 0.3) is 10.0 Å². The highest BCUT2D eigenvalue weighted by Gasteiger charge is 2.25. The van der Waals surface area contributed by atoms with Crippen molar-refractivity contribution < 1.29 is 8.42 Å². The number of unbranched alkanes of at least 4 members (excludes halogenated alkanes) is 1. The molecule has 0 aliphatic heterocycles. The van der Waals surface area contributed by atoms with Crippen molar-refractivity contribution >= 4 is 34.0 Å². The number of sulfonamides is 1. The molecule has 0 aliphatic carbocycles. The zero-order valence-corrected chi connectivity index (χ0v) is 13.4. The number of aromatic nitrogens is 2. The van der Waals surface area contributed by atoms with Crippen LogP contribution in [0.5, 0.6) is 0 Å². The van der Waals surface area contributed by atoms with E-state index in [1.165, 1.54) is 17.9 Å². The van der Waals surface area contributed by atoms with E-state index in [1.54, 1.807) is 0 Å². The van der Waals surface area contributed by atoms with Crippen molar-refractivity contribution in [3.63, 3.8) is 0 Å². The van der Waals surface area contributed by atoms with E-state index in [4.69, 9.17) is 17.3 Å². The Morgan fingerprint density at radius 2 is 2.21 bits per heavy atom. The molecule has 1 atom stereocenters. The van der Waals surface area contributed by atoms with Gasteiger partial charge in [0, 0.05) is 19.6 Å². The number of aryl methyl sites for hydroxylation is 1. The minimum atomic E-state index is -3.68. The van der Waals surface area contributed by atoms with E-state index < -0.39 is 10.0 Å². The first kappa shape index (κ1) is 18.7. The van der Waals surface area contributed by atoms with Crippen molar-refractivity contribution in [3.05, 3.63) is 11.2 Å². The molecule has 1 rings (SSSR count). The molecular formula is C10H20Cl2N4O2S. The third kappa shape index (κ3) is 4.92. The average Bonchev–Trinajstić information content (AvgIpc) is 2.64. The molecule has 1 unspecified atom stereocenters. The van der Waals surface area contributed by atoms with E-state index in [9.17, 15) is 8.42 Å². The monoisotopic (exact) mass is 330 g/mol. The van der Waals surface area contributed by atoms with Gasteiger partial charge >= 0.3 is 0 Å². The van der Waals surface area contributed by atoms with Crippen LogP contribution in [-0.4, -0.2) is 30.8 Å². The Morgan fingerprint density at radius 3 is 2.63 bits per heavy atom. The van der Waals surface area contributed by atoms with Crippen LogP contribution in [0.2, 0.25) is 5.02 Å². The molecule has 3 N–H and O–H groups in total. The Morgan fingerprint density at radius 1 is 1.58 bits per heavy atom. The quantitative estimate of drug-likeness (QED) is 0.788. The van der Waals surface area contributed by atoms with Crippen LogP contribution in [0, 0.1) is 0 Å². The Bertz CT molecular complexity index is 470. The minimum absolute atomic E-state index is 0. The van der Waals surface area contributed by atoms with Crippen LogP contribution in [-0.2, 0) is 17.1 Å². The second kappa shape index (κ2) is 8.06. The smallest absolute Gasteiger partial charge is 0.259 e. The maximum Gasteiger partial charge on any atom is 0.259 e. The first-order valence-electron chi connectivity index (χ1n) is 5.82. The molecular weight excluding hydrogens is 311 g/mol. The molecule has 0 saturated carbocycles. The van der Waals surface area contributed by atoms with Gasteiger partial charge in [-0.25, -0.2) is 13.1 Å². The van der Waals surface area contributed by atoms with Crippen LogP contribution in [0.4, 0.5) is 0 Å². The topological polar surface area (TPSA) is 90.0 Å². The highest BCUT2D eigenvalue weighted by Crippen LogP contribution is 2.20. The van der Waals surface area contributed by atoms with E-state index in [2.05, 4.69) is 9.82 Å². The van der Waals surface area contributed by atoms with E-state index in [1.807, 2.05) is 6.92 Å². The summed E-state index contributed by atoms with van der Waals surface area (Å²) >= 11 is 5.83. The van der Waals surface area contributed by atoms with Crippen molar-refractivity contribution in [3.8, 4) is 0 Å². The van der Waals surface area contributed by atoms with Crippen molar-refractivity contribution in [2.24, 2.45) is 12.8 Å². The number of hydrogen-bond acceptors (Lipinski definition) is 4. The highest BCUT2D eigenvalue weighted by atomic mass is 35.5. The lowest BCUT2D eigenvalue weighted by Crippen LogP contribution is -2.40. The highest BCUT2D eigenvalue weighted by molar-refractivity contribution is 7.89. The molecule has 9 heteroatoms. The van der Waals surface area contributed by atoms with Crippen LogP contribution >= 0.6 is 24.0 Å². The zero-order chi connectivity index (χ0) is 13.8. The van der Waals surface area contributed by atoms with Crippen molar-refractivity contribution in [2.45, 2.75) is 37.3 Å². The summed E-state index contributed by atoms with van der Waals surface area (Å²) < 4.78 is 28.1. The van der Waals surface area contributed by atoms with Gasteiger partial charge in [-0.2, -0.15) is 5.10 Å². The van der Waals surface area contributed by atoms with Crippen molar-refractivity contribution in [2.75, 3.05) is 6.54 Å². The first-order chi connectivity index (χ1) is 8.42. The number of hydrogen-bond donors (Lipinski definition) is 2. The predicted molar refractivity (Wildman–Crippen MR) is 78.2 cm³/mol. The molecule has 0 amide bonds. The van der Waals surface area contributed by atoms with Gasteiger partial charge < -0.3 is 5.73 Å². The maximum absolute atomic E-state index is 12.2. The summed E-state index contributed by atoms with van der Waals surface area (Å²) in [5, 5.41) is 3.89. The number of nitrogens with two attached hydrogens (primary N) is 1. The van der Waals surface area contributed by atoms with Crippen LogP contribution in [0.3, 0.4) is 0 Å². The summed E-state index contributed by atoms with van der Waals surface area (Å²) in [5.74, 6) is 0. The van der Waals surface area contributed by atoms with Crippen molar-refractivity contribution in [1.29, 1.82) is 0 Å². The summed E-state index contributed by atoms with van der Waals surface area (Å²) in [5.41, 5.74) is 5.57. The number of halogens is 2. The number of nitrogens with one attached hydrogen (secondary N) is 1. The van der Waals surface area contributed by atoms with Gasteiger partial charge in [-0.1, -0.05) is 31.4 Å². The van der Waals surface area contributed by atoms with Gasteiger partial charge in [0.2, 0.25) is 0 Å². The van der Waals surface area contributed by atoms with E-state index in [0.29, 0.717) is 6.42 Å². The fourth-order valence-electron chi connectivity index (χ4n) is 1.65. The van der Waals surface area contributed by atoms with Crippen LogP contribution < -0.4 is 10.5 Å². The lowest BCUT2D eigenvalue weighted by molar-refractivity contribution is 0.508. The largest absolute Gasteiger partial charge is 0.329 e. The molecule has 6 nitrogen and oxygen atoms in total. The molecule has 0 aliphatic rings. The molecule has 0 radical (unpaired) electrons. The molecule has 1 aromatic heterocycles. The van der Waals surface area contributed by atoms with Gasteiger partial charge in [-0.15, -0.1) is 12.4 Å². The summed E-state index contributed by atoms with van der Waals surface area (Å²) in [6.45, 7) is 2.30. The van der Waals surface area contributed by atoms with E-state index in [0.717, 1.165) is 12.8 Å². The average molecular weight is 331 g/mol. The number of nitrogens with zero attached hydrogens (tertiary/aromatic N) is 2. The SMILES string of the molecule is CCCCC(CN)NS(=O)(=O)c1c(Cl)cnn1C.Cl. The molecule has 1 heterocycles. The summed E-state index contributed by atoms with van der Waals surface area (Å²) in [7, 11) is -2.15. The summed E-state index contributed by atoms with van der Waals surface area (Å²) in [4.78, 5) is 0. The molecule has 19 heavy (non-hydrogen) atoms. The second-order valence-corrected chi connectivity index (χ2v) is 6.15. The Kier molecular flexibility index (Phi) is 7.92. The molecule has 112 valence electrons. The normalized spacial score (nSPS) is 13.1. The standard InChI is InChI=1S/C10H19ClN4O2S.ClH/c1-3-4-5-8(6-12)14-18(16,17)10-9(11)7-13-15(10)2;/h7-8,14H,3-6,12H2,1-2H3;1H. The fraction of sp³-hybridized carbons (Fsp3) is 0.700. The molecule has 0 bridgehead atoms. The zero-order valence-electron chi connectivity index (χ0n) is 11.0. The van der Waals surface area contributed by atoms with Crippen molar-refractivity contribution in [1.82, 2.24) is 14.5 Å². The molecule has 0 spiro atoms. The lowest BCUT2D eigenvalue weighted by atomic mass is 10.1. The van der Waals surface area contributed by atoms with Crippen LogP contribution in [0.1, 0.15) is 26.2 Å². The Hall–Kier alpha value is -0.340. The molecule has 0 aromatic carbocycles. The van der Waals surface area contributed by atoms with Crippen LogP contribution in [0.25, 0.3) is 0 Å². The summed E-state index contributed by atoms with van der Waals surface area (Å²) in [6, 6.07) is -0.277. The predicted octanol–water partition coefficient (Wildman–Crippen LogP) is 1.29. The Balaban J connectivity index is 0.00000324.